The Kier molecular flexibility index (Phi) is 11.2. The maximum absolute atomic E-state index is 12.8. The van der Waals surface area contributed by atoms with Gasteiger partial charge in [-0.1, -0.05) is 89.0 Å². The number of anilines is 2. The predicted octanol–water partition coefficient (Wildman–Crippen LogP) is 6.97. The number of carboxylic acid groups (broad SMARTS) is 1. The molecule has 0 atom stereocenters. The first-order valence-corrected chi connectivity index (χ1v) is 11.6. The van der Waals surface area contributed by atoms with Gasteiger partial charge in [0.15, 0.2) is 0 Å². The van der Waals surface area contributed by atoms with Gasteiger partial charge < -0.3 is 15.7 Å². The Labute approximate surface area is 186 Å². The van der Waals surface area contributed by atoms with Crippen LogP contribution in [0.2, 0.25) is 0 Å². The Hall–Kier alpha value is -2.82. The van der Waals surface area contributed by atoms with E-state index in [4.69, 9.17) is 0 Å². The molecule has 0 aliphatic carbocycles. The molecule has 0 aliphatic rings. The molecule has 0 unspecified atom stereocenters. The molecule has 31 heavy (non-hydrogen) atoms. The zero-order valence-corrected chi connectivity index (χ0v) is 18.7. The van der Waals surface area contributed by atoms with Gasteiger partial charge in [0.2, 0.25) is 0 Å². The molecule has 0 saturated carbocycles. The molecule has 2 rings (SSSR count). The lowest BCUT2D eigenvalue weighted by molar-refractivity contribution is 0.0698. The van der Waals surface area contributed by atoms with E-state index >= 15 is 0 Å². The second-order valence-electron chi connectivity index (χ2n) is 7.96. The summed E-state index contributed by atoms with van der Waals surface area (Å²) < 4.78 is 0. The summed E-state index contributed by atoms with van der Waals surface area (Å²) in [5, 5.41) is 15.4. The van der Waals surface area contributed by atoms with E-state index in [1.807, 2.05) is 18.2 Å². The molecule has 0 bridgehead atoms. The number of hydrogen-bond donors (Lipinski definition) is 3. The van der Waals surface area contributed by atoms with Crippen LogP contribution in [0.5, 0.6) is 0 Å². The molecule has 5 heteroatoms. The normalized spacial score (nSPS) is 10.6. The maximum atomic E-state index is 12.8. The molecule has 0 saturated heterocycles. The van der Waals surface area contributed by atoms with Crippen LogP contribution < -0.4 is 10.6 Å². The van der Waals surface area contributed by atoms with Crippen molar-refractivity contribution in [2.45, 2.75) is 71.1 Å². The molecule has 2 aromatic rings. The van der Waals surface area contributed by atoms with Gasteiger partial charge in [-0.2, -0.15) is 0 Å². The zero-order valence-electron chi connectivity index (χ0n) is 18.7. The first-order chi connectivity index (χ1) is 15.1. The smallest absolute Gasteiger partial charge is 0.337 e. The Bertz CT molecular complexity index is 820. The second kappa shape index (κ2) is 14.2. The van der Waals surface area contributed by atoms with E-state index in [0.29, 0.717) is 11.3 Å². The number of carboxylic acids is 1. The molecule has 0 aromatic heterocycles. The summed E-state index contributed by atoms with van der Waals surface area (Å²) in [5.74, 6) is -1.39. The molecular formula is C26H36N2O3. The summed E-state index contributed by atoms with van der Waals surface area (Å²) in [6.45, 7) is 3.06. The van der Waals surface area contributed by atoms with Crippen molar-refractivity contribution < 1.29 is 14.7 Å². The predicted molar refractivity (Wildman–Crippen MR) is 128 cm³/mol. The summed E-state index contributed by atoms with van der Waals surface area (Å²) in [5.41, 5.74) is 1.65. The number of nitrogens with one attached hydrogen (secondary N) is 2. The average molecular weight is 425 g/mol. The number of rotatable bonds is 15. The lowest BCUT2D eigenvalue weighted by Gasteiger charge is -2.13. The van der Waals surface area contributed by atoms with Gasteiger partial charge in [0.05, 0.1) is 16.8 Å². The third-order valence-electron chi connectivity index (χ3n) is 5.42. The van der Waals surface area contributed by atoms with Gasteiger partial charge in [-0.05, 0) is 30.7 Å². The number of benzene rings is 2. The van der Waals surface area contributed by atoms with Crippen LogP contribution in [0.3, 0.4) is 0 Å². The third kappa shape index (κ3) is 8.83. The van der Waals surface area contributed by atoms with Crippen LogP contribution in [0.1, 0.15) is 91.8 Å². The molecule has 0 fully saturated rings. The van der Waals surface area contributed by atoms with Crippen LogP contribution in [0, 0.1) is 0 Å². The zero-order chi connectivity index (χ0) is 22.3. The lowest BCUT2D eigenvalue weighted by Crippen LogP contribution is -2.17. The van der Waals surface area contributed by atoms with Crippen LogP contribution in [0.4, 0.5) is 11.4 Å². The van der Waals surface area contributed by atoms with Crippen LogP contribution in [-0.2, 0) is 0 Å². The van der Waals surface area contributed by atoms with Crippen molar-refractivity contribution in [2.24, 2.45) is 0 Å². The lowest BCUT2D eigenvalue weighted by atomic mass is 10.1. The highest BCUT2D eigenvalue weighted by molar-refractivity contribution is 6.10. The highest BCUT2D eigenvalue weighted by Gasteiger charge is 2.15. The quantitative estimate of drug-likeness (QED) is 0.270. The third-order valence-corrected chi connectivity index (χ3v) is 5.42. The van der Waals surface area contributed by atoms with Crippen molar-refractivity contribution >= 4 is 23.3 Å². The minimum atomic E-state index is -1.07. The number of aromatic carboxylic acids is 1. The summed E-state index contributed by atoms with van der Waals surface area (Å²) in [7, 11) is 0. The number of carbonyl (C=O) groups excluding carboxylic acids is 1. The van der Waals surface area contributed by atoms with Gasteiger partial charge in [-0.3, -0.25) is 4.79 Å². The number of carbonyl (C=O) groups is 2. The first kappa shape index (κ1) is 24.4. The summed E-state index contributed by atoms with van der Waals surface area (Å²) in [4.78, 5) is 24.1. The van der Waals surface area contributed by atoms with Crippen molar-refractivity contribution in [3.8, 4) is 0 Å². The standard InChI is InChI=1S/C26H36N2O3/c1-2-3-4-5-6-7-8-9-10-15-20-27-23-18-13-11-16-21(23)25(29)28-24-19-14-12-17-22(24)26(30)31/h11-14,16-19,27H,2-10,15,20H2,1H3,(H,28,29)(H,30,31). The Morgan fingerprint density at radius 2 is 1.23 bits per heavy atom. The van der Waals surface area contributed by atoms with Gasteiger partial charge in [-0.25, -0.2) is 4.79 Å². The summed E-state index contributed by atoms with van der Waals surface area (Å²) in [6.07, 6.45) is 12.9. The second-order valence-corrected chi connectivity index (χ2v) is 7.96. The van der Waals surface area contributed by atoms with E-state index < -0.39 is 5.97 Å². The number of amides is 1. The van der Waals surface area contributed by atoms with Crippen LogP contribution in [0.25, 0.3) is 0 Å². The Morgan fingerprint density at radius 1 is 0.710 bits per heavy atom. The minimum Gasteiger partial charge on any atom is -0.478 e. The molecule has 1 amide bonds. The Balaban J connectivity index is 1.76. The highest BCUT2D eigenvalue weighted by Crippen LogP contribution is 2.20. The molecule has 168 valence electrons. The van der Waals surface area contributed by atoms with E-state index in [1.165, 1.54) is 63.9 Å². The monoisotopic (exact) mass is 424 g/mol. The fourth-order valence-electron chi connectivity index (χ4n) is 3.64. The fourth-order valence-corrected chi connectivity index (χ4v) is 3.64. The van der Waals surface area contributed by atoms with E-state index in [1.54, 1.807) is 24.3 Å². The summed E-state index contributed by atoms with van der Waals surface area (Å²) >= 11 is 0. The molecule has 0 heterocycles. The SMILES string of the molecule is CCCCCCCCCCCCNc1ccccc1C(=O)Nc1ccccc1C(=O)O. The molecule has 3 N–H and O–H groups in total. The number of hydrogen-bond acceptors (Lipinski definition) is 3. The number of para-hydroxylation sites is 2. The van der Waals surface area contributed by atoms with Crippen molar-refractivity contribution in [3.05, 3.63) is 59.7 Å². The van der Waals surface area contributed by atoms with Crippen LogP contribution >= 0.6 is 0 Å². The molecule has 0 spiro atoms. The topological polar surface area (TPSA) is 78.4 Å². The minimum absolute atomic E-state index is 0.0756. The van der Waals surface area contributed by atoms with Crippen molar-refractivity contribution in [1.29, 1.82) is 0 Å². The molecule has 0 aliphatic heterocycles. The van der Waals surface area contributed by atoms with E-state index in [2.05, 4.69) is 17.6 Å². The molecular weight excluding hydrogens is 388 g/mol. The van der Waals surface area contributed by atoms with Crippen molar-refractivity contribution in [2.75, 3.05) is 17.2 Å². The highest BCUT2D eigenvalue weighted by atomic mass is 16.4. The van der Waals surface area contributed by atoms with E-state index in [0.717, 1.165) is 18.7 Å². The summed E-state index contributed by atoms with van der Waals surface area (Å²) in [6, 6.07) is 13.8. The maximum Gasteiger partial charge on any atom is 0.337 e. The average Bonchev–Trinajstić information content (AvgIpc) is 2.78. The first-order valence-electron chi connectivity index (χ1n) is 11.6. The largest absolute Gasteiger partial charge is 0.478 e. The van der Waals surface area contributed by atoms with E-state index in [9.17, 15) is 14.7 Å². The fraction of sp³-hybridized carbons (Fsp3) is 0.462. The van der Waals surface area contributed by atoms with Crippen LogP contribution in [-0.4, -0.2) is 23.5 Å². The van der Waals surface area contributed by atoms with Crippen molar-refractivity contribution in [3.63, 3.8) is 0 Å². The van der Waals surface area contributed by atoms with E-state index in [-0.39, 0.29) is 11.5 Å². The molecule has 5 nitrogen and oxygen atoms in total. The van der Waals surface area contributed by atoms with Gasteiger partial charge in [-0.15, -0.1) is 0 Å². The van der Waals surface area contributed by atoms with Gasteiger partial charge in [0.25, 0.3) is 5.91 Å². The number of unbranched alkanes of at least 4 members (excludes halogenated alkanes) is 9. The van der Waals surface area contributed by atoms with Crippen LogP contribution in [0.15, 0.2) is 48.5 Å². The Morgan fingerprint density at radius 3 is 1.84 bits per heavy atom. The molecule has 2 aromatic carbocycles. The molecule has 0 radical (unpaired) electrons. The van der Waals surface area contributed by atoms with Gasteiger partial charge in [0.1, 0.15) is 0 Å². The van der Waals surface area contributed by atoms with Gasteiger partial charge >= 0.3 is 5.97 Å². The van der Waals surface area contributed by atoms with Gasteiger partial charge in [0, 0.05) is 12.2 Å². The van der Waals surface area contributed by atoms with Crippen molar-refractivity contribution in [1.82, 2.24) is 0 Å².